The van der Waals surface area contributed by atoms with E-state index in [1.807, 2.05) is 0 Å². The number of aromatic nitrogens is 2. The van der Waals surface area contributed by atoms with Crippen LogP contribution in [0.4, 0.5) is 13.2 Å². The maximum Gasteiger partial charge on any atom is 0.434 e. The van der Waals surface area contributed by atoms with Crippen LogP contribution in [-0.4, -0.2) is 15.1 Å². The average molecular weight is 242 g/mol. The standard InChI is InChI=1S/C11H9F3N2O/c12-11(13,14)9-5-15-10(16-9)8-3-1-7(6-17)2-4-8/h1-5,17H,6H2,(H,15,16). The van der Waals surface area contributed by atoms with Crippen molar-refractivity contribution < 1.29 is 18.3 Å². The van der Waals surface area contributed by atoms with Crippen molar-refractivity contribution in [3.05, 3.63) is 41.7 Å². The van der Waals surface area contributed by atoms with Gasteiger partial charge in [-0.05, 0) is 5.56 Å². The first-order chi connectivity index (χ1) is 8.00. The van der Waals surface area contributed by atoms with E-state index in [-0.39, 0.29) is 12.4 Å². The molecule has 0 aliphatic rings. The summed E-state index contributed by atoms with van der Waals surface area (Å²) in [5.41, 5.74) is 0.285. The van der Waals surface area contributed by atoms with Gasteiger partial charge in [-0.25, -0.2) is 4.98 Å². The van der Waals surface area contributed by atoms with Gasteiger partial charge in [0, 0.05) is 11.8 Å². The van der Waals surface area contributed by atoms with E-state index in [4.69, 9.17) is 5.11 Å². The number of aliphatic hydroxyl groups is 1. The van der Waals surface area contributed by atoms with Gasteiger partial charge >= 0.3 is 6.18 Å². The smallest absolute Gasteiger partial charge is 0.392 e. The van der Waals surface area contributed by atoms with E-state index in [2.05, 4.69) is 9.97 Å². The van der Waals surface area contributed by atoms with Crippen molar-refractivity contribution in [2.45, 2.75) is 12.8 Å². The third-order valence-corrected chi connectivity index (χ3v) is 2.28. The summed E-state index contributed by atoms with van der Waals surface area (Å²) in [5.74, 6) is 0.154. The molecule has 0 atom stereocenters. The van der Waals surface area contributed by atoms with Crippen LogP contribution in [-0.2, 0) is 12.8 Å². The molecule has 0 radical (unpaired) electrons. The van der Waals surface area contributed by atoms with Gasteiger partial charge in [0.05, 0.1) is 6.61 Å². The van der Waals surface area contributed by atoms with E-state index < -0.39 is 11.9 Å². The molecular weight excluding hydrogens is 233 g/mol. The average Bonchev–Trinajstić information content (AvgIpc) is 2.78. The number of hydrogen-bond donors (Lipinski definition) is 2. The molecule has 0 saturated carbocycles. The minimum absolute atomic E-state index is 0.105. The van der Waals surface area contributed by atoms with E-state index in [0.29, 0.717) is 11.1 Å². The Bertz CT molecular complexity index is 502. The van der Waals surface area contributed by atoms with Crippen molar-refractivity contribution in [2.24, 2.45) is 0 Å². The molecule has 3 nitrogen and oxygen atoms in total. The second-order valence-corrected chi connectivity index (χ2v) is 3.49. The van der Waals surface area contributed by atoms with Crippen molar-refractivity contribution in [1.82, 2.24) is 9.97 Å². The highest BCUT2D eigenvalue weighted by Gasteiger charge is 2.33. The Labute approximate surface area is 94.9 Å². The number of H-pyrrole nitrogens is 1. The zero-order chi connectivity index (χ0) is 12.5. The topological polar surface area (TPSA) is 48.9 Å². The highest BCUT2D eigenvalue weighted by Crippen LogP contribution is 2.29. The van der Waals surface area contributed by atoms with Crippen molar-refractivity contribution in [1.29, 1.82) is 0 Å². The summed E-state index contributed by atoms with van der Waals surface area (Å²) in [6.07, 6.45) is -3.62. The Morgan fingerprint density at radius 2 is 1.82 bits per heavy atom. The largest absolute Gasteiger partial charge is 0.434 e. The summed E-state index contributed by atoms with van der Waals surface area (Å²) in [7, 11) is 0. The molecule has 0 fully saturated rings. The lowest BCUT2D eigenvalue weighted by molar-refractivity contribution is -0.140. The molecule has 6 heteroatoms. The number of hydrogen-bond acceptors (Lipinski definition) is 2. The number of aromatic amines is 1. The van der Waals surface area contributed by atoms with Gasteiger partial charge in [-0.2, -0.15) is 13.2 Å². The molecule has 2 aromatic rings. The van der Waals surface area contributed by atoms with Crippen LogP contribution in [0.3, 0.4) is 0 Å². The van der Waals surface area contributed by atoms with Crippen LogP contribution < -0.4 is 0 Å². The molecule has 0 aliphatic heterocycles. The van der Waals surface area contributed by atoms with Gasteiger partial charge in [0.15, 0.2) is 5.69 Å². The fraction of sp³-hybridized carbons (Fsp3) is 0.182. The van der Waals surface area contributed by atoms with Crippen LogP contribution in [0.1, 0.15) is 11.3 Å². The number of alkyl halides is 3. The van der Waals surface area contributed by atoms with Gasteiger partial charge in [0.2, 0.25) is 0 Å². The Morgan fingerprint density at radius 1 is 1.18 bits per heavy atom. The summed E-state index contributed by atoms with van der Waals surface area (Å²) in [4.78, 5) is 5.94. The number of aliphatic hydroxyl groups excluding tert-OH is 1. The van der Waals surface area contributed by atoms with Crippen molar-refractivity contribution in [2.75, 3.05) is 0 Å². The van der Waals surface area contributed by atoms with Gasteiger partial charge in [-0.15, -0.1) is 0 Å². The van der Waals surface area contributed by atoms with Gasteiger partial charge in [-0.3, -0.25) is 0 Å². The van der Waals surface area contributed by atoms with Gasteiger partial charge < -0.3 is 10.1 Å². The molecule has 0 aliphatic carbocycles. The Balaban J connectivity index is 2.30. The van der Waals surface area contributed by atoms with Crippen LogP contribution in [0.15, 0.2) is 30.5 Å². The highest BCUT2D eigenvalue weighted by molar-refractivity contribution is 5.55. The zero-order valence-electron chi connectivity index (χ0n) is 8.62. The second kappa shape index (κ2) is 4.21. The zero-order valence-corrected chi connectivity index (χ0v) is 8.62. The van der Waals surface area contributed by atoms with Crippen LogP contribution in [0.2, 0.25) is 0 Å². The monoisotopic (exact) mass is 242 g/mol. The molecule has 0 amide bonds. The van der Waals surface area contributed by atoms with E-state index >= 15 is 0 Å². The molecule has 90 valence electrons. The number of rotatable bonds is 2. The maximum atomic E-state index is 12.3. The molecule has 2 rings (SSSR count). The minimum atomic E-state index is -4.44. The lowest BCUT2D eigenvalue weighted by Crippen LogP contribution is -2.04. The van der Waals surface area contributed by atoms with E-state index in [0.717, 1.165) is 6.20 Å². The number of halogens is 3. The van der Waals surface area contributed by atoms with Crippen LogP contribution in [0.25, 0.3) is 11.4 Å². The Hall–Kier alpha value is -1.82. The van der Waals surface area contributed by atoms with Crippen LogP contribution in [0.5, 0.6) is 0 Å². The normalized spacial score (nSPS) is 11.8. The van der Waals surface area contributed by atoms with Crippen LogP contribution >= 0.6 is 0 Å². The predicted octanol–water partition coefficient (Wildman–Crippen LogP) is 2.59. The SMILES string of the molecule is OCc1ccc(-c2nc(C(F)(F)F)c[nH]2)cc1. The Kier molecular flexibility index (Phi) is 2.89. The third-order valence-electron chi connectivity index (χ3n) is 2.28. The number of imidazole rings is 1. The predicted molar refractivity (Wildman–Crippen MR) is 54.9 cm³/mol. The fourth-order valence-electron chi connectivity index (χ4n) is 1.38. The quantitative estimate of drug-likeness (QED) is 0.850. The molecule has 2 N–H and O–H groups in total. The molecule has 1 heterocycles. The summed E-state index contributed by atoms with van der Waals surface area (Å²) in [6.45, 7) is -0.105. The first-order valence-electron chi connectivity index (χ1n) is 4.83. The first kappa shape index (κ1) is 11.7. The van der Waals surface area contributed by atoms with Crippen LogP contribution in [0, 0.1) is 0 Å². The number of nitrogens with one attached hydrogen (secondary N) is 1. The summed E-state index contributed by atoms with van der Waals surface area (Å²) in [6, 6.07) is 6.46. The van der Waals surface area contributed by atoms with Gasteiger partial charge in [0.25, 0.3) is 0 Å². The van der Waals surface area contributed by atoms with E-state index in [9.17, 15) is 13.2 Å². The van der Waals surface area contributed by atoms with E-state index in [1.165, 1.54) is 0 Å². The Morgan fingerprint density at radius 3 is 2.29 bits per heavy atom. The molecular formula is C11H9F3N2O. The summed E-state index contributed by atoms with van der Waals surface area (Å²) < 4.78 is 37.0. The van der Waals surface area contributed by atoms with Crippen molar-refractivity contribution >= 4 is 0 Å². The fourth-order valence-corrected chi connectivity index (χ4v) is 1.38. The molecule has 0 bridgehead atoms. The van der Waals surface area contributed by atoms with Gasteiger partial charge in [0.1, 0.15) is 5.82 Å². The third kappa shape index (κ3) is 2.47. The second-order valence-electron chi connectivity index (χ2n) is 3.49. The van der Waals surface area contributed by atoms with Crippen molar-refractivity contribution in [3.63, 3.8) is 0 Å². The molecule has 0 unspecified atom stereocenters. The van der Waals surface area contributed by atoms with Gasteiger partial charge in [-0.1, -0.05) is 24.3 Å². The molecule has 1 aromatic heterocycles. The molecule has 17 heavy (non-hydrogen) atoms. The molecule has 0 spiro atoms. The summed E-state index contributed by atoms with van der Waals surface area (Å²) in [5, 5.41) is 8.84. The lowest BCUT2D eigenvalue weighted by atomic mass is 10.1. The van der Waals surface area contributed by atoms with E-state index in [1.54, 1.807) is 24.3 Å². The highest BCUT2D eigenvalue weighted by atomic mass is 19.4. The lowest BCUT2D eigenvalue weighted by Gasteiger charge is -2.00. The first-order valence-corrected chi connectivity index (χ1v) is 4.83. The number of nitrogens with zero attached hydrogens (tertiary/aromatic N) is 1. The maximum absolute atomic E-state index is 12.3. The minimum Gasteiger partial charge on any atom is -0.392 e. The summed E-state index contributed by atoms with van der Waals surface area (Å²) >= 11 is 0. The van der Waals surface area contributed by atoms with Crippen molar-refractivity contribution in [3.8, 4) is 11.4 Å². The molecule has 1 aromatic carbocycles. The number of benzene rings is 1. The molecule has 0 saturated heterocycles.